The Morgan fingerprint density at radius 1 is 1.21 bits per heavy atom. The molecular formula is C20H17N3O4S2. The number of amides is 1. The summed E-state index contributed by atoms with van der Waals surface area (Å²) in [4.78, 5) is 16.5. The fourth-order valence-electron chi connectivity index (χ4n) is 2.65. The molecule has 3 rings (SSSR count). The Morgan fingerprint density at radius 2 is 1.93 bits per heavy atom. The van der Waals surface area contributed by atoms with E-state index in [1.807, 2.05) is 30.3 Å². The molecule has 1 aromatic heterocycles. The maximum absolute atomic E-state index is 12.3. The minimum atomic E-state index is -3.67. The number of para-hydroxylation sites is 1. The summed E-state index contributed by atoms with van der Waals surface area (Å²) in [5.41, 5.74) is 2.37. The molecule has 7 nitrogen and oxygen atoms in total. The van der Waals surface area contributed by atoms with Crippen molar-refractivity contribution in [2.45, 2.75) is 5.75 Å². The SMILES string of the molecule is COc1ccccc1-c1csc(NC(=O)CS(=O)(=O)Cc2ccc(C#N)cc2)n1. The number of hydrogen-bond donors (Lipinski definition) is 1. The van der Waals surface area contributed by atoms with Crippen molar-refractivity contribution in [1.29, 1.82) is 5.26 Å². The van der Waals surface area contributed by atoms with Crippen molar-refractivity contribution in [2.75, 3.05) is 18.2 Å². The summed E-state index contributed by atoms with van der Waals surface area (Å²) in [7, 11) is -2.11. The molecule has 3 aromatic rings. The van der Waals surface area contributed by atoms with Gasteiger partial charge in [0.05, 0.1) is 30.2 Å². The normalized spacial score (nSPS) is 10.9. The highest BCUT2D eigenvalue weighted by Gasteiger charge is 2.19. The van der Waals surface area contributed by atoms with Crippen LogP contribution in [0, 0.1) is 11.3 Å². The maximum atomic E-state index is 12.3. The number of hydrogen-bond acceptors (Lipinski definition) is 7. The van der Waals surface area contributed by atoms with Crippen molar-refractivity contribution in [1.82, 2.24) is 4.98 Å². The molecule has 0 unspecified atom stereocenters. The third-order valence-corrected chi connectivity index (χ3v) is 6.19. The third kappa shape index (κ3) is 5.40. The minimum Gasteiger partial charge on any atom is -0.496 e. The van der Waals surface area contributed by atoms with Gasteiger partial charge in [0.2, 0.25) is 5.91 Å². The third-order valence-electron chi connectivity index (χ3n) is 3.95. The van der Waals surface area contributed by atoms with Crippen molar-refractivity contribution in [2.24, 2.45) is 0 Å². The topological polar surface area (TPSA) is 109 Å². The van der Waals surface area contributed by atoms with Crippen LogP contribution in [0.15, 0.2) is 53.9 Å². The monoisotopic (exact) mass is 427 g/mol. The molecule has 0 atom stereocenters. The summed E-state index contributed by atoms with van der Waals surface area (Å²) in [6.45, 7) is 0. The Balaban J connectivity index is 1.64. The Kier molecular flexibility index (Phi) is 6.26. The summed E-state index contributed by atoms with van der Waals surface area (Å²) in [6.07, 6.45) is 0. The molecule has 1 heterocycles. The van der Waals surface area contributed by atoms with Crippen LogP contribution in [0.4, 0.5) is 5.13 Å². The van der Waals surface area contributed by atoms with Crippen LogP contribution in [0.3, 0.4) is 0 Å². The number of nitriles is 1. The Bertz CT molecular complexity index is 1160. The molecule has 0 aliphatic rings. The summed E-state index contributed by atoms with van der Waals surface area (Å²) in [6, 6.07) is 15.5. The lowest BCUT2D eigenvalue weighted by atomic mass is 10.1. The van der Waals surface area contributed by atoms with Crippen LogP contribution >= 0.6 is 11.3 Å². The number of nitrogens with one attached hydrogen (secondary N) is 1. The van der Waals surface area contributed by atoms with E-state index in [1.54, 1.807) is 36.8 Å². The standard InChI is InChI=1S/C20H17N3O4S2/c1-27-18-5-3-2-4-16(18)17-11-28-20(22-17)23-19(24)13-29(25,26)12-15-8-6-14(10-21)7-9-15/h2-9,11H,12-13H2,1H3,(H,22,23,24). The summed E-state index contributed by atoms with van der Waals surface area (Å²) < 4.78 is 29.9. The quantitative estimate of drug-likeness (QED) is 0.620. The lowest BCUT2D eigenvalue weighted by Gasteiger charge is -2.06. The van der Waals surface area contributed by atoms with Gasteiger partial charge in [0.25, 0.3) is 0 Å². The van der Waals surface area contributed by atoms with Crippen LogP contribution in [0.25, 0.3) is 11.3 Å². The van der Waals surface area contributed by atoms with Gasteiger partial charge in [0.15, 0.2) is 15.0 Å². The van der Waals surface area contributed by atoms with E-state index < -0.39 is 21.5 Å². The van der Waals surface area contributed by atoms with Crippen LogP contribution in [0.2, 0.25) is 0 Å². The second kappa shape index (κ2) is 8.86. The molecule has 0 saturated heterocycles. The molecular weight excluding hydrogens is 410 g/mol. The van der Waals surface area contributed by atoms with Crippen molar-refractivity contribution in [3.63, 3.8) is 0 Å². The van der Waals surface area contributed by atoms with E-state index >= 15 is 0 Å². The molecule has 148 valence electrons. The van der Waals surface area contributed by atoms with E-state index in [0.29, 0.717) is 27.7 Å². The number of anilines is 1. The molecule has 2 aromatic carbocycles. The van der Waals surface area contributed by atoms with Gasteiger partial charge >= 0.3 is 0 Å². The predicted octanol–water partition coefficient (Wildman–Crippen LogP) is 3.24. The van der Waals surface area contributed by atoms with Crippen LogP contribution in [-0.4, -0.2) is 32.2 Å². The average molecular weight is 428 g/mol. The molecule has 0 radical (unpaired) electrons. The molecule has 0 bridgehead atoms. The zero-order valence-corrected chi connectivity index (χ0v) is 17.1. The molecule has 29 heavy (non-hydrogen) atoms. The van der Waals surface area contributed by atoms with E-state index in [-0.39, 0.29) is 5.75 Å². The maximum Gasteiger partial charge on any atom is 0.241 e. The predicted molar refractivity (Wildman–Crippen MR) is 111 cm³/mol. The Morgan fingerprint density at radius 3 is 2.62 bits per heavy atom. The summed E-state index contributed by atoms with van der Waals surface area (Å²) in [5, 5.41) is 13.4. The largest absolute Gasteiger partial charge is 0.496 e. The molecule has 0 saturated carbocycles. The number of carbonyl (C=O) groups is 1. The zero-order chi connectivity index (χ0) is 20.9. The first-order valence-corrected chi connectivity index (χ1v) is 11.2. The van der Waals surface area contributed by atoms with Crippen molar-refractivity contribution in [3.8, 4) is 23.1 Å². The number of sulfone groups is 1. The first-order chi connectivity index (χ1) is 13.9. The number of nitrogens with zero attached hydrogens (tertiary/aromatic N) is 2. The minimum absolute atomic E-state index is 0.281. The van der Waals surface area contributed by atoms with Gasteiger partial charge in [-0.1, -0.05) is 24.3 Å². The number of thiazole rings is 1. The Labute approximate surface area is 172 Å². The molecule has 0 aliphatic carbocycles. The zero-order valence-electron chi connectivity index (χ0n) is 15.5. The van der Waals surface area contributed by atoms with E-state index in [2.05, 4.69) is 10.3 Å². The lowest BCUT2D eigenvalue weighted by Crippen LogP contribution is -2.23. The number of aromatic nitrogens is 1. The van der Waals surface area contributed by atoms with Crippen molar-refractivity contribution < 1.29 is 17.9 Å². The molecule has 1 N–H and O–H groups in total. The highest BCUT2D eigenvalue weighted by atomic mass is 32.2. The fourth-order valence-corrected chi connectivity index (χ4v) is 4.65. The van der Waals surface area contributed by atoms with Crippen LogP contribution in [0.1, 0.15) is 11.1 Å². The van der Waals surface area contributed by atoms with E-state index in [9.17, 15) is 13.2 Å². The van der Waals surface area contributed by atoms with Gasteiger partial charge in [0, 0.05) is 10.9 Å². The van der Waals surface area contributed by atoms with Gasteiger partial charge in [-0.05, 0) is 29.8 Å². The van der Waals surface area contributed by atoms with Crippen LogP contribution in [-0.2, 0) is 20.4 Å². The molecule has 1 amide bonds. The van der Waals surface area contributed by atoms with E-state index in [4.69, 9.17) is 10.00 Å². The first kappa shape index (κ1) is 20.5. The van der Waals surface area contributed by atoms with Gasteiger partial charge in [-0.3, -0.25) is 4.79 Å². The Hall–Kier alpha value is -3.22. The van der Waals surface area contributed by atoms with Crippen LogP contribution in [0.5, 0.6) is 5.75 Å². The van der Waals surface area contributed by atoms with Gasteiger partial charge in [-0.2, -0.15) is 5.26 Å². The second-order valence-electron chi connectivity index (χ2n) is 6.13. The number of ether oxygens (including phenoxy) is 1. The molecule has 0 fully saturated rings. The molecule has 0 spiro atoms. The number of benzene rings is 2. The second-order valence-corrected chi connectivity index (χ2v) is 9.05. The number of methoxy groups -OCH3 is 1. The van der Waals surface area contributed by atoms with Gasteiger partial charge in [-0.15, -0.1) is 11.3 Å². The number of carbonyl (C=O) groups excluding carboxylic acids is 1. The summed E-state index contributed by atoms with van der Waals surface area (Å²) in [5.74, 6) is -0.937. The van der Waals surface area contributed by atoms with Crippen molar-refractivity contribution in [3.05, 3.63) is 65.0 Å². The fraction of sp³-hybridized carbons (Fsp3) is 0.150. The molecule has 0 aliphatic heterocycles. The average Bonchev–Trinajstić information content (AvgIpc) is 3.15. The van der Waals surface area contributed by atoms with E-state index in [1.165, 1.54) is 11.3 Å². The summed E-state index contributed by atoms with van der Waals surface area (Å²) >= 11 is 1.20. The highest BCUT2D eigenvalue weighted by Crippen LogP contribution is 2.31. The van der Waals surface area contributed by atoms with Crippen LogP contribution < -0.4 is 10.1 Å². The smallest absolute Gasteiger partial charge is 0.241 e. The van der Waals surface area contributed by atoms with Gasteiger partial charge < -0.3 is 10.1 Å². The van der Waals surface area contributed by atoms with Gasteiger partial charge in [-0.25, -0.2) is 13.4 Å². The molecule has 9 heteroatoms. The number of rotatable bonds is 7. The first-order valence-electron chi connectivity index (χ1n) is 8.48. The highest BCUT2D eigenvalue weighted by molar-refractivity contribution is 7.91. The van der Waals surface area contributed by atoms with E-state index in [0.717, 1.165) is 5.56 Å². The van der Waals surface area contributed by atoms with Gasteiger partial charge in [0.1, 0.15) is 11.5 Å². The lowest BCUT2D eigenvalue weighted by molar-refractivity contribution is -0.113. The van der Waals surface area contributed by atoms with Crippen molar-refractivity contribution >= 4 is 32.2 Å².